The van der Waals surface area contributed by atoms with Gasteiger partial charge in [0.05, 0.1) is 17.5 Å². The molecule has 2 heterocycles. The number of benzene rings is 1. The summed E-state index contributed by atoms with van der Waals surface area (Å²) in [7, 11) is 0. The maximum atomic E-state index is 11.9. The number of fused-ring (bicyclic) bond motifs is 1. The summed E-state index contributed by atoms with van der Waals surface area (Å²) in [5, 5.41) is 3.84. The molecule has 0 atom stereocenters. The van der Waals surface area contributed by atoms with E-state index in [0.717, 1.165) is 16.6 Å². The minimum absolute atomic E-state index is 0.174. The number of aromatic nitrogens is 1. The van der Waals surface area contributed by atoms with Crippen LogP contribution in [-0.2, 0) is 0 Å². The standard InChI is InChI=1S/C13H10N2O2/c16-13(9-5-7-17-8-9)15-12-3-1-2-11-10(12)4-6-14-11/h1-8,14H,(H,15,16). The number of H-pyrrole nitrogens is 1. The molecule has 2 aromatic heterocycles. The van der Waals surface area contributed by atoms with Crippen molar-refractivity contribution in [2.24, 2.45) is 0 Å². The van der Waals surface area contributed by atoms with Crippen molar-refractivity contribution in [2.45, 2.75) is 0 Å². The number of carbonyl (C=O) groups is 1. The maximum absolute atomic E-state index is 11.9. The second-order valence-electron chi connectivity index (χ2n) is 3.71. The molecule has 17 heavy (non-hydrogen) atoms. The maximum Gasteiger partial charge on any atom is 0.258 e. The average Bonchev–Trinajstić information content (AvgIpc) is 3.00. The molecular weight excluding hydrogens is 216 g/mol. The molecule has 1 aromatic carbocycles. The first-order valence-corrected chi connectivity index (χ1v) is 5.24. The van der Waals surface area contributed by atoms with Crippen LogP contribution in [0.1, 0.15) is 10.4 Å². The molecule has 0 bridgehead atoms. The van der Waals surface area contributed by atoms with Gasteiger partial charge < -0.3 is 14.7 Å². The Balaban J connectivity index is 1.95. The van der Waals surface area contributed by atoms with Crippen LogP contribution in [0.15, 0.2) is 53.5 Å². The molecule has 0 aliphatic heterocycles. The largest absolute Gasteiger partial charge is 0.472 e. The zero-order valence-electron chi connectivity index (χ0n) is 8.94. The molecule has 0 spiro atoms. The van der Waals surface area contributed by atoms with Crippen LogP contribution in [0.2, 0.25) is 0 Å². The first-order chi connectivity index (χ1) is 8.34. The molecule has 0 aliphatic rings. The third-order valence-electron chi connectivity index (χ3n) is 2.63. The predicted molar refractivity (Wildman–Crippen MR) is 65.0 cm³/mol. The molecule has 4 heteroatoms. The molecule has 0 saturated carbocycles. The summed E-state index contributed by atoms with van der Waals surface area (Å²) < 4.78 is 4.88. The van der Waals surface area contributed by atoms with E-state index < -0.39 is 0 Å². The summed E-state index contributed by atoms with van der Waals surface area (Å²) >= 11 is 0. The normalized spacial score (nSPS) is 10.6. The van der Waals surface area contributed by atoms with E-state index in [0.29, 0.717) is 5.56 Å². The van der Waals surface area contributed by atoms with Gasteiger partial charge in [-0.15, -0.1) is 0 Å². The summed E-state index contributed by atoms with van der Waals surface area (Å²) in [5.41, 5.74) is 2.29. The number of carbonyl (C=O) groups excluding carboxylic acids is 1. The van der Waals surface area contributed by atoms with Crippen LogP contribution in [0.3, 0.4) is 0 Å². The van der Waals surface area contributed by atoms with E-state index in [1.165, 1.54) is 12.5 Å². The molecule has 0 unspecified atom stereocenters. The number of aromatic amines is 1. The van der Waals surface area contributed by atoms with E-state index >= 15 is 0 Å². The quantitative estimate of drug-likeness (QED) is 0.705. The van der Waals surface area contributed by atoms with Gasteiger partial charge in [0.2, 0.25) is 0 Å². The molecule has 0 saturated heterocycles. The van der Waals surface area contributed by atoms with Crippen molar-refractivity contribution in [2.75, 3.05) is 5.32 Å². The number of rotatable bonds is 2. The van der Waals surface area contributed by atoms with Crippen molar-refractivity contribution >= 4 is 22.5 Å². The van der Waals surface area contributed by atoms with Gasteiger partial charge in [-0.1, -0.05) is 6.07 Å². The van der Waals surface area contributed by atoms with Gasteiger partial charge in [0.25, 0.3) is 5.91 Å². The van der Waals surface area contributed by atoms with Crippen LogP contribution in [0.25, 0.3) is 10.9 Å². The topological polar surface area (TPSA) is 58.0 Å². The Labute approximate surface area is 97.2 Å². The molecule has 0 fully saturated rings. The Morgan fingerprint density at radius 2 is 2.18 bits per heavy atom. The first-order valence-electron chi connectivity index (χ1n) is 5.24. The molecule has 2 N–H and O–H groups in total. The molecule has 3 aromatic rings. The molecule has 0 radical (unpaired) electrons. The Hall–Kier alpha value is -2.49. The van der Waals surface area contributed by atoms with Crippen molar-refractivity contribution < 1.29 is 9.21 Å². The minimum Gasteiger partial charge on any atom is -0.472 e. The van der Waals surface area contributed by atoms with Crippen LogP contribution in [0, 0.1) is 0 Å². The van der Waals surface area contributed by atoms with Crippen LogP contribution < -0.4 is 5.32 Å². The van der Waals surface area contributed by atoms with Crippen LogP contribution >= 0.6 is 0 Å². The Morgan fingerprint density at radius 1 is 1.24 bits per heavy atom. The molecule has 3 rings (SSSR count). The molecular formula is C13H10N2O2. The van der Waals surface area contributed by atoms with E-state index in [9.17, 15) is 4.79 Å². The number of nitrogens with one attached hydrogen (secondary N) is 2. The summed E-state index contributed by atoms with van der Waals surface area (Å²) in [6.45, 7) is 0. The minimum atomic E-state index is -0.174. The fourth-order valence-corrected chi connectivity index (χ4v) is 1.78. The van der Waals surface area contributed by atoms with Gasteiger partial charge in [0, 0.05) is 17.1 Å². The van der Waals surface area contributed by atoms with E-state index in [-0.39, 0.29) is 5.91 Å². The summed E-state index contributed by atoms with van der Waals surface area (Å²) in [6.07, 6.45) is 4.75. The molecule has 4 nitrogen and oxygen atoms in total. The smallest absolute Gasteiger partial charge is 0.258 e. The van der Waals surface area contributed by atoms with Gasteiger partial charge in [0.15, 0.2) is 0 Å². The molecule has 84 valence electrons. The van der Waals surface area contributed by atoms with Gasteiger partial charge in [-0.25, -0.2) is 0 Å². The SMILES string of the molecule is O=C(Nc1cccc2[nH]ccc12)c1ccoc1. The highest BCUT2D eigenvalue weighted by Crippen LogP contribution is 2.22. The van der Waals surface area contributed by atoms with Crippen LogP contribution in [-0.4, -0.2) is 10.9 Å². The third kappa shape index (κ3) is 1.69. The summed E-state index contributed by atoms with van der Waals surface area (Å²) in [5.74, 6) is -0.174. The second-order valence-corrected chi connectivity index (χ2v) is 3.71. The molecule has 0 aliphatic carbocycles. The van der Waals surface area contributed by atoms with Gasteiger partial charge in [-0.2, -0.15) is 0 Å². The van der Waals surface area contributed by atoms with Gasteiger partial charge >= 0.3 is 0 Å². The Bertz CT molecular complexity index is 653. The molecule has 1 amide bonds. The first kappa shape index (κ1) is 9.72. The Morgan fingerprint density at radius 3 is 3.00 bits per heavy atom. The van der Waals surface area contributed by atoms with Crippen LogP contribution in [0.5, 0.6) is 0 Å². The lowest BCUT2D eigenvalue weighted by Crippen LogP contribution is -2.10. The fourth-order valence-electron chi connectivity index (χ4n) is 1.78. The van der Waals surface area contributed by atoms with Crippen molar-refractivity contribution in [1.29, 1.82) is 0 Å². The zero-order chi connectivity index (χ0) is 11.7. The number of furan rings is 1. The van der Waals surface area contributed by atoms with Gasteiger partial charge in [-0.05, 0) is 24.3 Å². The van der Waals surface area contributed by atoms with Gasteiger partial charge in [-0.3, -0.25) is 4.79 Å². The number of anilines is 1. The third-order valence-corrected chi connectivity index (χ3v) is 2.63. The number of hydrogen-bond acceptors (Lipinski definition) is 2. The summed E-state index contributed by atoms with van der Waals surface area (Å²) in [6, 6.07) is 9.29. The van der Waals surface area contributed by atoms with Crippen molar-refractivity contribution in [1.82, 2.24) is 4.98 Å². The lowest BCUT2D eigenvalue weighted by molar-refractivity contribution is 0.102. The van der Waals surface area contributed by atoms with Crippen molar-refractivity contribution in [3.05, 3.63) is 54.6 Å². The highest BCUT2D eigenvalue weighted by atomic mass is 16.3. The average molecular weight is 226 g/mol. The highest BCUT2D eigenvalue weighted by molar-refractivity contribution is 6.08. The fraction of sp³-hybridized carbons (Fsp3) is 0. The number of amides is 1. The van der Waals surface area contributed by atoms with Gasteiger partial charge in [0.1, 0.15) is 6.26 Å². The number of hydrogen-bond donors (Lipinski definition) is 2. The lowest BCUT2D eigenvalue weighted by atomic mass is 10.2. The van der Waals surface area contributed by atoms with Crippen molar-refractivity contribution in [3.63, 3.8) is 0 Å². The van der Waals surface area contributed by atoms with E-state index in [2.05, 4.69) is 10.3 Å². The zero-order valence-corrected chi connectivity index (χ0v) is 8.94. The Kier molecular flexibility index (Phi) is 2.19. The van der Waals surface area contributed by atoms with Crippen molar-refractivity contribution in [3.8, 4) is 0 Å². The summed E-state index contributed by atoms with van der Waals surface area (Å²) in [4.78, 5) is 15.0. The van der Waals surface area contributed by atoms with E-state index in [1.54, 1.807) is 6.07 Å². The second kappa shape index (κ2) is 3.83. The van der Waals surface area contributed by atoms with E-state index in [1.807, 2.05) is 30.5 Å². The van der Waals surface area contributed by atoms with Crippen LogP contribution in [0.4, 0.5) is 5.69 Å². The lowest BCUT2D eigenvalue weighted by Gasteiger charge is -2.04. The monoisotopic (exact) mass is 226 g/mol. The predicted octanol–water partition coefficient (Wildman–Crippen LogP) is 3.01. The van der Waals surface area contributed by atoms with E-state index in [4.69, 9.17) is 4.42 Å². The highest BCUT2D eigenvalue weighted by Gasteiger charge is 2.09.